The summed E-state index contributed by atoms with van der Waals surface area (Å²) in [5.41, 5.74) is -3.37. The van der Waals surface area contributed by atoms with Crippen LogP contribution < -0.4 is 0 Å². The zero-order chi connectivity index (χ0) is 39.4. The lowest BCUT2D eigenvalue weighted by Crippen LogP contribution is -2.69. The lowest BCUT2D eigenvalue weighted by atomic mass is 9.74. The SMILES string of the molecule is CC[C@H]1O[C@]2(O)O[C@H]([C@@H](C)C3O[C@@](C)(C[C@@H]3C)[C@H](O[C@@H]3O[C@H](C)CC(N(C)CCCO)C3O)[C@@H](C)[C@H](O[C@H]3CC(C)(OC)[C@@H](O)C(C)O3)[C@H]2C)[C@]1(C)O. The van der Waals surface area contributed by atoms with Crippen LogP contribution in [0.25, 0.3) is 0 Å². The first-order valence-electron chi connectivity index (χ1n) is 20.0. The molecule has 0 spiro atoms. The summed E-state index contributed by atoms with van der Waals surface area (Å²) >= 11 is 0. The molecule has 14 nitrogen and oxygen atoms in total. The zero-order valence-electron chi connectivity index (χ0n) is 34.1. The van der Waals surface area contributed by atoms with Gasteiger partial charge in [0, 0.05) is 44.6 Å². The first kappa shape index (κ1) is 43.6. The Morgan fingerprint density at radius 1 is 0.887 bits per heavy atom. The third kappa shape index (κ3) is 8.25. The maximum absolute atomic E-state index is 12.5. The summed E-state index contributed by atoms with van der Waals surface area (Å²) in [6, 6.07) is -0.284. The number of aliphatic hydroxyl groups excluding tert-OH is 3. The molecule has 0 amide bonds. The number of likely N-dealkylation sites (N-methyl/N-ethyl adjacent to an activating group) is 1. The lowest BCUT2D eigenvalue weighted by Gasteiger charge is -2.55. The van der Waals surface area contributed by atoms with Crippen LogP contribution in [0.1, 0.15) is 101 Å². The Balaban J connectivity index is 1.60. The van der Waals surface area contributed by atoms with Crippen LogP contribution in [-0.4, -0.2) is 154 Å². The van der Waals surface area contributed by atoms with Crippen molar-refractivity contribution in [3.8, 4) is 0 Å². The highest BCUT2D eigenvalue weighted by Crippen LogP contribution is 2.52. The molecule has 4 bridgehead atoms. The first-order valence-corrected chi connectivity index (χ1v) is 20.0. The Bertz CT molecular complexity index is 1210. The summed E-state index contributed by atoms with van der Waals surface area (Å²) in [4.78, 5) is 2.04. The van der Waals surface area contributed by atoms with Crippen LogP contribution in [0, 0.1) is 23.7 Å². The van der Waals surface area contributed by atoms with E-state index in [0.717, 1.165) is 0 Å². The van der Waals surface area contributed by atoms with Crippen LogP contribution in [0.5, 0.6) is 0 Å². The van der Waals surface area contributed by atoms with Gasteiger partial charge in [-0.25, -0.2) is 0 Å². The second-order valence-electron chi connectivity index (χ2n) is 17.8. The summed E-state index contributed by atoms with van der Waals surface area (Å²) < 4.78 is 52.4. The van der Waals surface area contributed by atoms with Gasteiger partial charge < -0.3 is 68.3 Å². The average molecular weight is 762 g/mol. The molecule has 53 heavy (non-hydrogen) atoms. The highest BCUT2D eigenvalue weighted by Gasteiger charge is 2.64. The molecular weight excluding hydrogens is 690 g/mol. The van der Waals surface area contributed by atoms with E-state index < -0.39 is 89.9 Å². The molecule has 5 aliphatic heterocycles. The predicted molar refractivity (Wildman–Crippen MR) is 193 cm³/mol. The van der Waals surface area contributed by atoms with Crippen molar-refractivity contribution in [2.45, 2.75) is 198 Å². The van der Waals surface area contributed by atoms with Crippen LogP contribution in [0.3, 0.4) is 0 Å². The standard InChI is InChI=1S/C39H71NO13/c1-13-27-38(10,44)34-22(4)30-20(2)18-37(9,52-30)33(50-35-29(42)26(17-21(3)47-35)40(11)15-14-16-41)23(5)31(24(6)39(45,51-27)53-34)49-28-19-36(8,46-12)32(43)25(7)48-28/h20-35,41-45H,13-19H2,1-12H3/t20-,21+,22-,23-,24+,25?,26?,27+,28-,29?,30?,31-,32-,33+,34+,35-,36?,37-,38+,39-/m0/s1. The highest BCUT2D eigenvalue weighted by atomic mass is 16.8. The molecule has 5 aliphatic rings. The van der Waals surface area contributed by atoms with Gasteiger partial charge >= 0.3 is 0 Å². The van der Waals surface area contributed by atoms with Crippen molar-refractivity contribution in [2.75, 3.05) is 27.3 Å². The van der Waals surface area contributed by atoms with Gasteiger partial charge in [-0.1, -0.05) is 34.6 Å². The van der Waals surface area contributed by atoms with E-state index in [-0.39, 0.29) is 43.1 Å². The number of rotatable bonds is 10. The first-order chi connectivity index (χ1) is 24.7. The minimum Gasteiger partial charge on any atom is -0.396 e. The molecule has 5 unspecified atom stereocenters. The number of hydrogen-bond donors (Lipinski definition) is 5. The fourth-order valence-electron chi connectivity index (χ4n) is 10.3. The molecular formula is C39H71NO13. The molecule has 5 saturated heterocycles. The van der Waals surface area contributed by atoms with Crippen LogP contribution in [0.15, 0.2) is 0 Å². The fraction of sp³-hybridized carbons (Fsp3) is 1.00. The summed E-state index contributed by atoms with van der Waals surface area (Å²) in [5, 5.41) is 56.9. The van der Waals surface area contributed by atoms with Gasteiger partial charge in [-0.3, -0.25) is 0 Å². The van der Waals surface area contributed by atoms with Gasteiger partial charge in [-0.15, -0.1) is 0 Å². The van der Waals surface area contributed by atoms with Gasteiger partial charge in [0.05, 0.1) is 59.8 Å². The van der Waals surface area contributed by atoms with E-state index in [9.17, 15) is 25.5 Å². The van der Waals surface area contributed by atoms with Gasteiger partial charge in [0.15, 0.2) is 12.6 Å². The Morgan fingerprint density at radius 3 is 2.19 bits per heavy atom. The molecule has 0 saturated carbocycles. The number of methoxy groups -OCH3 is 1. The smallest absolute Gasteiger partial charge is 0.286 e. The van der Waals surface area contributed by atoms with Gasteiger partial charge in [-0.2, -0.15) is 0 Å². The monoisotopic (exact) mass is 761 g/mol. The minimum atomic E-state index is -2.20. The third-order valence-corrected chi connectivity index (χ3v) is 13.5. The highest BCUT2D eigenvalue weighted by molar-refractivity contribution is 5.07. The second-order valence-corrected chi connectivity index (χ2v) is 17.8. The average Bonchev–Trinajstić information content (AvgIpc) is 3.42. The number of fused-ring (bicyclic) bond motifs is 4. The number of ether oxygens (including phenoxy) is 8. The normalized spacial score (nSPS) is 53.8. The van der Waals surface area contributed by atoms with Crippen molar-refractivity contribution in [3.05, 3.63) is 0 Å². The van der Waals surface area contributed by atoms with E-state index in [1.807, 2.05) is 53.5 Å². The molecule has 5 rings (SSSR count). The van der Waals surface area contributed by atoms with Crippen molar-refractivity contribution in [1.82, 2.24) is 4.90 Å². The topological polar surface area (TPSA) is 178 Å². The molecule has 5 fully saturated rings. The quantitative estimate of drug-likeness (QED) is 0.219. The molecule has 0 aromatic rings. The molecule has 5 N–H and O–H groups in total. The zero-order valence-corrected chi connectivity index (χ0v) is 34.1. The molecule has 5 heterocycles. The van der Waals surface area contributed by atoms with E-state index >= 15 is 0 Å². The van der Waals surface area contributed by atoms with Crippen LogP contribution in [0.2, 0.25) is 0 Å². The van der Waals surface area contributed by atoms with Crippen molar-refractivity contribution in [3.63, 3.8) is 0 Å². The molecule has 0 aromatic carbocycles. The van der Waals surface area contributed by atoms with Crippen LogP contribution in [-0.2, 0) is 37.9 Å². The van der Waals surface area contributed by atoms with Gasteiger partial charge in [0.2, 0.25) is 0 Å². The number of aliphatic hydroxyl groups is 5. The van der Waals surface area contributed by atoms with Gasteiger partial charge in [0.25, 0.3) is 5.97 Å². The number of hydrogen-bond acceptors (Lipinski definition) is 14. The molecule has 310 valence electrons. The lowest BCUT2D eigenvalue weighted by molar-refractivity contribution is -0.481. The van der Waals surface area contributed by atoms with Crippen molar-refractivity contribution >= 4 is 0 Å². The summed E-state index contributed by atoms with van der Waals surface area (Å²) in [7, 11) is 3.48. The van der Waals surface area contributed by atoms with E-state index in [1.54, 1.807) is 27.9 Å². The second kappa shape index (κ2) is 16.4. The largest absolute Gasteiger partial charge is 0.396 e. The summed E-state index contributed by atoms with van der Waals surface area (Å²) in [6.07, 6.45) is -5.99. The molecule has 14 heteroatoms. The molecule has 20 atom stereocenters. The van der Waals surface area contributed by atoms with Gasteiger partial charge in [-0.05, 0) is 73.3 Å². The predicted octanol–water partition coefficient (Wildman–Crippen LogP) is 2.53. The summed E-state index contributed by atoms with van der Waals surface area (Å²) in [6.45, 7) is 19.7. The fourth-order valence-corrected chi connectivity index (χ4v) is 10.3. The molecule has 0 aromatic heterocycles. The van der Waals surface area contributed by atoms with Crippen molar-refractivity contribution < 1.29 is 63.4 Å². The maximum Gasteiger partial charge on any atom is 0.286 e. The Hall–Kier alpha value is -0.560. The Labute approximate surface area is 316 Å². The minimum absolute atomic E-state index is 0.000145. The van der Waals surface area contributed by atoms with Crippen molar-refractivity contribution in [1.29, 1.82) is 0 Å². The van der Waals surface area contributed by atoms with E-state index in [0.29, 0.717) is 32.2 Å². The van der Waals surface area contributed by atoms with E-state index in [2.05, 4.69) is 6.92 Å². The maximum atomic E-state index is 12.5. The van der Waals surface area contributed by atoms with Crippen LogP contribution in [0.4, 0.5) is 0 Å². The third-order valence-electron chi connectivity index (χ3n) is 13.5. The molecule has 0 radical (unpaired) electrons. The number of nitrogens with zero attached hydrogens (tertiary/aromatic N) is 1. The van der Waals surface area contributed by atoms with E-state index in [1.165, 1.54) is 0 Å². The Kier molecular flexibility index (Phi) is 13.4. The van der Waals surface area contributed by atoms with Crippen molar-refractivity contribution in [2.24, 2.45) is 23.7 Å². The Morgan fingerprint density at radius 2 is 1.57 bits per heavy atom. The van der Waals surface area contributed by atoms with Gasteiger partial charge in [0.1, 0.15) is 17.8 Å². The van der Waals surface area contributed by atoms with Crippen LogP contribution >= 0.6 is 0 Å². The summed E-state index contributed by atoms with van der Waals surface area (Å²) in [5.74, 6) is -4.02. The van der Waals surface area contributed by atoms with E-state index in [4.69, 9.17) is 37.9 Å². The molecule has 0 aliphatic carbocycles.